The summed E-state index contributed by atoms with van der Waals surface area (Å²) in [6, 6.07) is 21.1. The van der Waals surface area contributed by atoms with Crippen molar-refractivity contribution in [2.75, 3.05) is 6.54 Å². The summed E-state index contributed by atoms with van der Waals surface area (Å²) in [5, 5.41) is 0. The Morgan fingerprint density at radius 2 is 1.81 bits per heavy atom. The molecule has 1 fully saturated rings. The standard InChI is InChI=1S/C27H31FN2O/c1-2-3-7-16-30(27(31)26-18-25(26)22-9-5-4-6-10-22)20-24-11-8-17-29(24)19-21-12-14-23(28)15-13-21/h4-6,8-15,17,25-26H,2-3,7,16,18-20H2,1H3. The van der Waals surface area contributed by atoms with Gasteiger partial charge < -0.3 is 9.47 Å². The molecular weight excluding hydrogens is 387 g/mol. The second-order valence-electron chi connectivity index (χ2n) is 8.58. The van der Waals surface area contributed by atoms with Crippen LogP contribution in [0.3, 0.4) is 0 Å². The third-order valence-electron chi connectivity index (χ3n) is 6.22. The number of benzene rings is 2. The minimum atomic E-state index is -0.221. The lowest BCUT2D eigenvalue weighted by Crippen LogP contribution is -2.34. The molecule has 2 unspecified atom stereocenters. The number of unbranched alkanes of at least 4 members (excludes halogenated alkanes) is 2. The molecule has 3 aromatic rings. The molecule has 1 saturated carbocycles. The molecule has 162 valence electrons. The molecule has 0 N–H and O–H groups in total. The van der Waals surface area contributed by atoms with Crippen molar-refractivity contribution in [2.45, 2.75) is 51.6 Å². The van der Waals surface area contributed by atoms with Gasteiger partial charge >= 0.3 is 0 Å². The van der Waals surface area contributed by atoms with Crippen LogP contribution in [0, 0.1) is 11.7 Å². The van der Waals surface area contributed by atoms with Gasteiger partial charge in [0.25, 0.3) is 0 Å². The number of amides is 1. The van der Waals surface area contributed by atoms with Crippen molar-refractivity contribution in [3.05, 3.63) is 95.6 Å². The molecule has 4 heteroatoms. The molecule has 0 bridgehead atoms. The highest BCUT2D eigenvalue weighted by Crippen LogP contribution is 2.48. The van der Waals surface area contributed by atoms with E-state index in [9.17, 15) is 9.18 Å². The molecule has 2 aromatic carbocycles. The van der Waals surface area contributed by atoms with Crippen LogP contribution < -0.4 is 0 Å². The number of halogens is 1. The van der Waals surface area contributed by atoms with Crippen LogP contribution in [0.1, 0.15) is 55.3 Å². The zero-order valence-corrected chi connectivity index (χ0v) is 18.2. The summed E-state index contributed by atoms with van der Waals surface area (Å²) in [5.41, 5.74) is 3.44. The first kappa shape index (κ1) is 21.4. The van der Waals surface area contributed by atoms with Gasteiger partial charge in [-0.25, -0.2) is 4.39 Å². The minimum absolute atomic E-state index is 0.101. The zero-order valence-electron chi connectivity index (χ0n) is 18.2. The summed E-state index contributed by atoms with van der Waals surface area (Å²) in [4.78, 5) is 15.4. The van der Waals surface area contributed by atoms with Crippen LogP contribution in [0.25, 0.3) is 0 Å². The average molecular weight is 419 g/mol. The van der Waals surface area contributed by atoms with Crippen LogP contribution in [0.15, 0.2) is 72.9 Å². The molecule has 1 amide bonds. The maximum absolute atomic E-state index is 13.4. The molecule has 1 aromatic heterocycles. The molecule has 2 atom stereocenters. The van der Waals surface area contributed by atoms with E-state index in [1.807, 2.05) is 30.5 Å². The van der Waals surface area contributed by atoms with Crippen LogP contribution in [-0.2, 0) is 17.9 Å². The Bertz CT molecular complexity index is 980. The van der Waals surface area contributed by atoms with Crippen LogP contribution in [-0.4, -0.2) is 21.9 Å². The smallest absolute Gasteiger partial charge is 0.226 e. The van der Waals surface area contributed by atoms with Gasteiger partial charge in [-0.3, -0.25) is 4.79 Å². The van der Waals surface area contributed by atoms with E-state index >= 15 is 0 Å². The molecule has 1 heterocycles. The third-order valence-corrected chi connectivity index (χ3v) is 6.22. The van der Waals surface area contributed by atoms with Crippen molar-refractivity contribution in [1.82, 2.24) is 9.47 Å². The predicted molar refractivity (Wildman–Crippen MR) is 122 cm³/mol. The van der Waals surface area contributed by atoms with E-state index in [0.717, 1.165) is 43.5 Å². The molecule has 31 heavy (non-hydrogen) atoms. The summed E-state index contributed by atoms with van der Waals surface area (Å²) < 4.78 is 15.4. The van der Waals surface area contributed by atoms with Gasteiger partial charge in [0.2, 0.25) is 5.91 Å². The van der Waals surface area contributed by atoms with Crippen molar-refractivity contribution in [1.29, 1.82) is 0 Å². The van der Waals surface area contributed by atoms with E-state index in [0.29, 0.717) is 19.0 Å². The van der Waals surface area contributed by atoms with Crippen molar-refractivity contribution in [3.8, 4) is 0 Å². The van der Waals surface area contributed by atoms with E-state index in [4.69, 9.17) is 0 Å². The molecule has 4 rings (SSSR count). The van der Waals surface area contributed by atoms with Crippen molar-refractivity contribution in [3.63, 3.8) is 0 Å². The molecule has 0 radical (unpaired) electrons. The van der Waals surface area contributed by atoms with E-state index in [1.54, 1.807) is 0 Å². The van der Waals surface area contributed by atoms with Crippen LogP contribution >= 0.6 is 0 Å². The fourth-order valence-electron chi connectivity index (χ4n) is 4.32. The average Bonchev–Trinajstić information content (AvgIpc) is 3.48. The van der Waals surface area contributed by atoms with Gasteiger partial charge in [-0.1, -0.05) is 62.2 Å². The second kappa shape index (κ2) is 9.95. The highest BCUT2D eigenvalue weighted by atomic mass is 19.1. The Balaban J connectivity index is 1.45. The first-order chi connectivity index (χ1) is 15.2. The third kappa shape index (κ3) is 5.43. The second-order valence-corrected chi connectivity index (χ2v) is 8.58. The summed E-state index contributed by atoms with van der Waals surface area (Å²) in [7, 11) is 0. The van der Waals surface area contributed by atoms with Gasteiger partial charge in [-0.15, -0.1) is 0 Å². The quantitative estimate of drug-likeness (QED) is 0.371. The van der Waals surface area contributed by atoms with Crippen molar-refractivity contribution in [2.24, 2.45) is 5.92 Å². The van der Waals surface area contributed by atoms with Crippen molar-refractivity contribution < 1.29 is 9.18 Å². The molecule has 0 aliphatic heterocycles. The lowest BCUT2D eigenvalue weighted by Gasteiger charge is -2.24. The van der Waals surface area contributed by atoms with E-state index in [1.165, 1.54) is 17.7 Å². The monoisotopic (exact) mass is 418 g/mol. The largest absolute Gasteiger partial charge is 0.345 e. The van der Waals surface area contributed by atoms with Crippen LogP contribution in [0.5, 0.6) is 0 Å². The summed E-state index contributed by atoms with van der Waals surface area (Å²) in [6.07, 6.45) is 6.29. The number of carbonyl (C=O) groups excluding carboxylic acids is 1. The fourth-order valence-corrected chi connectivity index (χ4v) is 4.32. The lowest BCUT2D eigenvalue weighted by atomic mass is 10.1. The summed E-state index contributed by atoms with van der Waals surface area (Å²) >= 11 is 0. The molecular formula is C27H31FN2O. The van der Waals surface area contributed by atoms with Gasteiger partial charge in [-0.2, -0.15) is 0 Å². The van der Waals surface area contributed by atoms with E-state index in [-0.39, 0.29) is 17.6 Å². The zero-order chi connectivity index (χ0) is 21.6. The van der Waals surface area contributed by atoms with E-state index < -0.39 is 0 Å². The molecule has 1 aliphatic rings. The SMILES string of the molecule is CCCCCN(Cc1cccn1Cc1ccc(F)cc1)C(=O)C1CC1c1ccccc1. The number of aromatic nitrogens is 1. The molecule has 1 aliphatic carbocycles. The number of carbonyl (C=O) groups is 1. The normalized spacial score (nSPS) is 17.5. The Labute approximate surface area is 184 Å². The highest BCUT2D eigenvalue weighted by Gasteiger charge is 2.45. The first-order valence-corrected chi connectivity index (χ1v) is 11.4. The number of nitrogens with zero attached hydrogens (tertiary/aromatic N) is 2. The maximum atomic E-state index is 13.4. The first-order valence-electron chi connectivity index (χ1n) is 11.4. The Kier molecular flexibility index (Phi) is 6.86. The van der Waals surface area contributed by atoms with Gasteiger partial charge in [0, 0.05) is 30.9 Å². The van der Waals surface area contributed by atoms with Gasteiger partial charge in [0.15, 0.2) is 0 Å². The van der Waals surface area contributed by atoms with Crippen LogP contribution in [0.2, 0.25) is 0 Å². The number of hydrogen-bond donors (Lipinski definition) is 0. The minimum Gasteiger partial charge on any atom is -0.345 e. The topological polar surface area (TPSA) is 25.2 Å². The molecule has 0 spiro atoms. The lowest BCUT2D eigenvalue weighted by molar-refractivity contribution is -0.133. The Morgan fingerprint density at radius 1 is 1.03 bits per heavy atom. The van der Waals surface area contributed by atoms with Gasteiger partial charge in [-0.05, 0) is 54.2 Å². The molecule has 3 nitrogen and oxygen atoms in total. The van der Waals surface area contributed by atoms with Gasteiger partial charge in [0.05, 0.1) is 6.54 Å². The van der Waals surface area contributed by atoms with Gasteiger partial charge in [0.1, 0.15) is 5.82 Å². The Hall–Kier alpha value is -2.88. The maximum Gasteiger partial charge on any atom is 0.226 e. The summed E-state index contributed by atoms with van der Waals surface area (Å²) in [5.74, 6) is 0.513. The van der Waals surface area contributed by atoms with Crippen LogP contribution in [0.4, 0.5) is 4.39 Å². The summed E-state index contributed by atoms with van der Waals surface area (Å²) in [6.45, 7) is 4.28. The fraction of sp³-hybridized carbons (Fsp3) is 0.370. The van der Waals surface area contributed by atoms with E-state index in [2.05, 4.69) is 46.7 Å². The Morgan fingerprint density at radius 3 is 2.55 bits per heavy atom. The highest BCUT2D eigenvalue weighted by molar-refractivity contribution is 5.83. The predicted octanol–water partition coefficient (Wildman–Crippen LogP) is 6.00. The number of hydrogen-bond acceptors (Lipinski definition) is 1. The molecule has 0 saturated heterocycles. The number of rotatable bonds is 10. The van der Waals surface area contributed by atoms with Crippen molar-refractivity contribution >= 4 is 5.91 Å².